The van der Waals surface area contributed by atoms with E-state index in [0.717, 1.165) is 12.4 Å². The Morgan fingerprint density at radius 1 is 1.50 bits per heavy atom. The van der Waals surface area contributed by atoms with Gasteiger partial charge < -0.3 is 10.2 Å². The molecule has 12 heavy (non-hydrogen) atoms. The van der Waals surface area contributed by atoms with Crippen LogP contribution in [0.2, 0.25) is 0 Å². The number of hydrogen-bond donors (Lipinski definition) is 1. The van der Waals surface area contributed by atoms with Gasteiger partial charge in [-0.1, -0.05) is 0 Å². The summed E-state index contributed by atoms with van der Waals surface area (Å²) in [5.41, 5.74) is 1.28. The molecule has 0 atom stereocenters. The van der Waals surface area contributed by atoms with Gasteiger partial charge in [-0.15, -0.1) is 0 Å². The number of hydrogen-bond acceptors (Lipinski definition) is 3. The van der Waals surface area contributed by atoms with E-state index in [1.54, 1.807) is 0 Å². The molecule has 3 heteroatoms. The molecule has 0 saturated heterocycles. The second kappa shape index (κ2) is 4.07. The van der Waals surface area contributed by atoms with Crippen molar-refractivity contribution in [3.8, 4) is 0 Å². The van der Waals surface area contributed by atoms with Crippen molar-refractivity contribution in [1.29, 1.82) is 0 Å². The molecule has 0 unspecified atom stereocenters. The highest BCUT2D eigenvalue weighted by atomic mass is 15.0. The Kier molecular flexibility index (Phi) is 3.05. The van der Waals surface area contributed by atoms with Crippen LogP contribution in [0.15, 0.2) is 18.3 Å². The van der Waals surface area contributed by atoms with Crippen molar-refractivity contribution in [3.05, 3.63) is 23.9 Å². The Morgan fingerprint density at radius 2 is 2.25 bits per heavy atom. The molecule has 0 fully saturated rings. The second-order valence-electron chi connectivity index (χ2n) is 3.04. The molecule has 1 N–H and O–H groups in total. The standard InChI is InChI=1S/C9H15N3/c1-10-9-6-8(4-5-11-9)7-12(2)3/h4-6H,7H2,1-3H3,(H,10,11). The zero-order chi connectivity index (χ0) is 8.97. The molecule has 3 nitrogen and oxygen atoms in total. The minimum atomic E-state index is 0.925. The van der Waals surface area contributed by atoms with Crippen LogP contribution >= 0.6 is 0 Å². The Labute approximate surface area is 73.4 Å². The molecule has 0 aliphatic carbocycles. The smallest absolute Gasteiger partial charge is 0.125 e. The van der Waals surface area contributed by atoms with Crippen molar-refractivity contribution in [2.45, 2.75) is 6.54 Å². The van der Waals surface area contributed by atoms with Crippen molar-refractivity contribution >= 4 is 5.82 Å². The summed E-state index contributed by atoms with van der Waals surface area (Å²) < 4.78 is 0. The van der Waals surface area contributed by atoms with Crippen LogP contribution in [0, 0.1) is 0 Å². The molecular formula is C9H15N3. The van der Waals surface area contributed by atoms with E-state index >= 15 is 0 Å². The van der Waals surface area contributed by atoms with Gasteiger partial charge in [0.2, 0.25) is 0 Å². The molecule has 0 amide bonds. The van der Waals surface area contributed by atoms with Crippen molar-refractivity contribution in [2.24, 2.45) is 0 Å². The maximum Gasteiger partial charge on any atom is 0.125 e. The summed E-state index contributed by atoms with van der Waals surface area (Å²) in [6.45, 7) is 0.956. The van der Waals surface area contributed by atoms with Gasteiger partial charge in [-0.05, 0) is 31.8 Å². The van der Waals surface area contributed by atoms with Crippen molar-refractivity contribution < 1.29 is 0 Å². The van der Waals surface area contributed by atoms with Gasteiger partial charge in [-0.2, -0.15) is 0 Å². The number of nitrogens with zero attached hydrogens (tertiary/aromatic N) is 2. The number of nitrogens with one attached hydrogen (secondary N) is 1. The summed E-state index contributed by atoms with van der Waals surface area (Å²) in [6, 6.07) is 4.08. The topological polar surface area (TPSA) is 28.2 Å². The number of anilines is 1. The highest BCUT2D eigenvalue weighted by Crippen LogP contribution is 2.06. The monoisotopic (exact) mass is 165 g/mol. The second-order valence-corrected chi connectivity index (χ2v) is 3.04. The van der Waals surface area contributed by atoms with Gasteiger partial charge in [0.05, 0.1) is 0 Å². The summed E-state index contributed by atoms with van der Waals surface area (Å²) >= 11 is 0. The quantitative estimate of drug-likeness (QED) is 0.729. The van der Waals surface area contributed by atoms with E-state index in [9.17, 15) is 0 Å². The fourth-order valence-electron chi connectivity index (χ4n) is 1.07. The molecule has 0 aliphatic rings. The van der Waals surface area contributed by atoms with Crippen molar-refractivity contribution in [3.63, 3.8) is 0 Å². The molecule has 1 aromatic rings. The normalized spacial score (nSPS) is 10.3. The minimum Gasteiger partial charge on any atom is -0.373 e. The lowest BCUT2D eigenvalue weighted by Gasteiger charge is -2.09. The Morgan fingerprint density at radius 3 is 2.83 bits per heavy atom. The van der Waals surface area contributed by atoms with Crippen LogP contribution in [0.1, 0.15) is 5.56 Å². The van der Waals surface area contributed by atoms with E-state index in [1.165, 1.54) is 5.56 Å². The zero-order valence-electron chi connectivity index (χ0n) is 7.83. The lowest BCUT2D eigenvalue weighted by atomic mass is 10.2. The predicted octanol–water partition coefficient (Wildman–Crippen LogP) is 1.18. The SMILES string of the molecule is CNc1cc(CN(C)C)ccn1. The highest BCUT2D eigenvalue weighted by Gasteiger charge is 1.96. The summed E-state index contributed by atoms with van der Waals surface area (Å²) in [6.07, 6.45) is 1.82. The Hall–Kier alpha value is -1.09. The van der Waals surface area contributed by atoms with E-state index in [0.29, 0.717) is 0 Å². The fourth-order valence-corrected chi connectivity index (χ4v) is 1.07. The van der Waals surface area contributed by atoms with Crippen LogP contribution in [0.3, 0.4) is 0 Å². The van der Waals surface area contributed by atoms with E-state index in [1.807, 2.05) is 19.3 Å². The minimum absolute atomic E-state index is 0.925. The van der Waals surface area contributed by atoms with Crippen LogP contribution in [-0.2, 0) is 6.54 Å². The van der Waals surface area contributed by atoms with Crippen LogP contribution in [0.25, 0.3) is 0 Å². The van der Waals surface area contributed by atoms with Crippen molar-refractivity contribution in [2.75, 3.05) is 26.5 Å². The zero-order valence-corrected chi connectivity index (χ0v) is 7.83. The third-order valence-electron chi connectivity index (χ3n) is 1.58. The molecule has 0 aromatic carbocycles. The van der Waals surface area contributed by atoms with E-state index in [2.05, 4.69) is 35.4 Å². The Bertz CT molecular complexity index is 245. The number of pyridine rings is 1. The summed E-state index contributed by atoms with van der Waals surface area (Å²) in [5, 5.41) is 3.01. The third-order valence-corrected chi connectivity index (χ3v) is 1.58. The van der Waals surface area contributed by atoms with Gasteiger partial charge in [0.1, 0.15) is 5.82 Å². The lowest BCUT2D eigenvalue weighted by molar-refractivity contribution is 0.402. The predicted molar refractivity (Wildman–Crippen MR) is 51.2 cm³/mol. The first-order valence-electron chi connectivity index (χ1n) is 4.00. The average molecular weight is 165 g/mol. The molecule has 1 aromatic heterocycles. The van der Waals surface area contributed by atoms with Gasteiger partial charge in [0.15, 0.2) is 0 Å². The van der Waals surface area contributed by atoms with Gasteiger partial charge in [-0.25, -0.2) is 4.98 Å². The first-order valence-corrected chi connectivity index (χ1v) is 4.00. The van der Waals surface area contributed by atoms with Gasteiger partial charge in [-0.3, -0.25) is 0 Å². The average Bonchev–Trinajstić information content (AvgIpc) is 2.03. The summed E-state index contributed by atoms with van der Waals surface area (Å²) in [7, 11) is 5.99. The number of aromatic nitrogens is 1. The maximum atomic E-state index is 4.14. The number of rotatable bonds is 3. The van der Waals surface area contributed by atoms with Crippen molar-refractivity contribution in [1.82, 2.24) is 9.88 Å². The first-order chi connectivity index (χ1) is 5.72. The third kappa shape index (κ3) is 2.51. The van der Waals surface area contributed by atoms with Crippen LogP contribution < -0.4 is 5.32 Å². The fraction of sp³-hybridized carbons (Fsp3) is 0.444. The molecule has 0 bridgehead atoms. The van der Waals surface area contributed by atoms with Crippen LogP contribution in [0.5, 0.6) is 0 Å². The van der Waals surface area contributed by atoms with Crippen LogP contribution in [-0.4, -0.2) is 31.0 Å². The van der Waals surface area contributed by atoms with E-state index in [-0.39, 0.29) is 0 Å². The van der Waals surface area contributed by atoms with Gasteiger partial charge >= 0.3 is 0 Å². The Balaban J connectivity index is 2.72. The largest absolute Gasteiger partial charge is 0.373 e. The molecule has 0 spiro atoms. The van der Waals surface area contributed by atoms with Gasteiger partial charge in [0, 0.05) is 19.8 Å². The molecule has 1 rings (SSSR count). The molecule has 0 aliphatic heterocycles. The van der Waals surface area contributed by atoms with E-state index < -0.39 is 0 Å². The molecule has 66 valence electrons. The molecule has 1 heterocycles. The highest BCUT2D eigenvalue weighted by molar-refractivity contribution is 5.36. The molecule has 0 saturated carbocycles. The lowest BCUT2D eigenvalue weighted by Crippen LogP contribution is -2.10. The summed E-state index contributed by atoms with van der Waals surface area (Å²) in [4.78, 5) is 6.27. The summed E-state index contributed by atoms with van der Waals surface area (Å²) in [5.74, 6) is 0.925. The molecule has 0 radical (unpaired) electrons. The van der Waals surface area contributed by atoms with E-state index in [4.69, 9.17) is 0 Å². The van der Waals surface area contributed by atoms with Crippen LogP contribution in [0.4, 0.5) is 5.82 Å². The maximum absolute atomic E-state index is 4.14. The first kappa shape index (κ1) is 9.00. The van der Waals surface area contributed by atoms with Gasteiger partial charge in [0.25, 0.3) is 0 Å². The molecular weight excluding hydrogens is 150 g/mol.